The van der Waals surface area contributed by atoms with Crippen LogP contribution in [0, 0.1) is 23.7 Å². The molecule has 1 aromatic carbocycles. The quantitative estimate of drug-likeness (QED) is 0.0287. The van der Waals surface area contributed by atoms with Gasteiger partial charge in [-0.1, -0.05) is 85.7 Å². The molecule has 11 amide bonds. The number of nitrogens with one attached hydrogen (secondary N) is 11. The predicted octanol–water partition coefficient (Wildman–Crippen LogP) is -3.24. The Balaban J connectivity index is 3.29. The lowest BCUT2D eigenvalue weighted by atomic mass is 9.98. The molecule has 30 nitrogen and oxygen atoms in total. The summed E-state index contributed by atoms with van der Waals surface area (Å²) in [5, 5.41) is 54.5. The van der Waals surface area contributed by atoms with Crippen LogP contribution in [0.5, 0.6) is 0 Å². The van der Waals surface area contributed by atoms with Gasteiger partial charge in [0.2, 0.25) is 65.0 Å². The van der Waals surface area contributed by atoms with Crippen LogP contribution >= 0.6 is 0 Å². The van der Waals surface area contributed by atoms with Crippen molar-refractivity contribution in [1.29, 1.82) is 0 Å². The van der Waals surface area contributed by atoms with Crippen molar-refractivity contribution in [2.45, 2.75) is 168 Å². The van der Waals surface area contributed by atoms with Gasteiger partial charge in [-0.25, -0.2) is 0 Å². The standard InChI is InChI=1S/C55H89N13O17/c1-29(2)22-37(51(81)66-39(24-33-14-10-9-11-15-33)52(82)65-35(17-19-43(72)73)49(79)59-25-40(69)58-28-45(76)77)63-42(71)26-60-48(78)34(16-12-13-21-56)64-50(80)36(18-20-44(74)75)62-41(70)27-61-55(85)47(32(7)8)68-53(83)38(23-30(3)4)67-54(84)46(57)31(5)6/h9-11,14-15,29-32,34-39,46-47H,12-13,16-28,56-57H2,1-8H3,(H,58,69)(H,59,79)(H,60,78)(H,61,85)(H,62,70)(H,63,71)(H,64,80)(H,65,82)(H,66,81)(H,67,84)(H,68,83)(H,72,73)(H,74,75)(H,76,77)/t34-,35-,36-,37-,38-,39-,46-,47-/m0/s1. The highest BCUT2D eigenvalue weighted by molar-refractivity contribution is 5.98. The van der Waals surface area contributed by atoms with E-state index < -0.39 is 189 Å². The lowest BCUT2D eigenvalue weighted by Crippen LogP contribution is -2.59. The Hall–Kier alpha value is -8.28. The van der Waals surface area contributed by atoms with Crippen LogP contribution in [0.4, 0.5) is 0 Å². The van der Waals surface area contributed by atoms with Crippen molar-refractivity contribution in [3.8, 4) is 0 Å². The van der Waals surface area contributed by atoms with Gasteiger partial charge < -0.3 is 85.3 Å². The van der Waals surface area contributed by atoms with Crippen molar-refractivity contribution in [3.63, 3.8) is 0 Å². The minimum absolute atomic E-state index is 0.00702. The molecule has 0 spiro atoms. The number of carboxylic acids is 3. The third-order valence-electron chi connectivity index (χ3n) is 12.7. The van der Waals surface area contributed by atoms with Gasteiger partial charge in [-0.05, 0) is 80.7 Å². The summed E-state index contributed by atoms with van der Waals surface area (Å²) in [5.74, 6) is -14.6. The largest absolute Gasteiger partial charge is 0.481 e. The number of amides is 11. The summed E-state index contributed by atoms with van der Waals surface area (Å²) in [5.41, 5.74) is 12.2. The van der Waals surface area contributed by atoms with Crippen LogP contribution in [-0.2, 0) is 73.5 Å². The van der Waals surface area contributed by atoms with Gasteiger partial charge in [-0.3, -0.25) is 67.1 Å². The Morgan fingerprint density at radius 1 is 0.412 bits per heavy atom. The lowest BCUT2D eigenvalue weighted by Gasteiger charge is -2.27. The molecule has 85 heavy (non-hydrogen) atoms. The number of benzene rings is 1. The second kappa shape index (κ2) is 39.3. The Labute approximate surface area is 494 Å². The summed E-state index contributed by atoms with van der Waals surface area (Å²) < 4.78 is 0. The van der Waals surface area contributed by atoms with Crippen LogP contribution in [0.25, 0.3) is 0 Å². The van der Waals surface area contributed by atoms with Crippen molar-refractivity contribution < 1.29 is 82.4 Å². The van der Waals surface area contributed by atoms with E-state index in [1.54, 1.807) is 71.9 Å². The number of carbonyl (C=O) groups excluding carboxylic acids is 11. The molecule has 0 unspecified atom stereocenters. The third-order valence-corrected chi connectivity index (χ3v) is 12.7. The zero-order valence-electron chi connectivity index (χ0n) is 49.6. The van der Waals surface area contributed by atoms with Crippen LogP contribution in [0.1, 0.15) is 119 Å². The minimum Gasteiger partial charge on any atom is -0.481 e. The highest BCUT2D eigenvalue weighted by atomic mass is 16.4. The molecule has 0 aliphatic carbocycles. The van der Waals surface area contributed by atoms with E-state index in [4.69, 9.17) is 16.6 Å². The number of hydrogen-bond donors (Lipinski definition) is 16. The first-order chi connectivity index (χ1) is 39.8. The van der Waals surface area contributed by atoms with E-state index in [1.165, 1.54) is 0 Å². The number of aliphatic carboxylic acids is 3. The van der Waals surface area contributed by atoms with E-state index >= 15 is 0 Å². The number of nitrogens with two attached hydrogens (primary N) is 2. The van der Waals surface area contributed by atoms with Gasteiger partial charge in [0, 0.05) is 19.3 Å². The molecule has 0 saturated carbocycles. The number of rotatable bonds is 41. The van der Waals surface area contributed by atoms with Crippen LogP contribution in [0.15, 0.2) is 30.3 Å². The lowest BCUT2D eigenvalue weighted by molar-refractivity contribution is -0.139. The van der Waals surface area contributed by atoms with E-state index in [0.29, 0.717) is 12.0 Å². The smallest absolute Gasteiger partial charge is 0.322 e. The summed E-state index contributed by atoms with van der Waals surface area (Å²) in [7, 11) is 0. The van der Waals surface area contributed by atoms with Crippen LogP contribution < -0.4 is 70.0 Å². The minimum atomic E-state index is -1.58. The van der Waals surface area contributed by atoms with E-state index in [9.17, 15) is 77.3 Å². The molecule has 0 bridgehead atoms. The monoisotopic (exact) mass is 1200 g/mol. The number of unbranched alkanes of at least 4 members (excludes halogenated alkanes) is 1. The summed E-state index contributed by atoms with van der Waals surface area (Å²) >= 11 is 0. The number of carboxylic acid groups (broad SMARTS) is 3. The maximum absolute atomic E-state index is 14.1. The van der Waals surface area contributed by atoms with E-state index in [-0.39, 0.29) is 56.4 Å². The van der Waals surface area contributed by atoms with E-state index in [2.05, 4.69) is 53.2 Å². The fraction of sp³-hybridized carbons (Fsp3) is 0.636. The van der Waals surface area contributed by atoms with Gasteiger partial charge in [0.15, 0.2) is 0 Å². The molecule has 0 fully saturated rings. The summed E-state index contributed by atoms with van der Waals surface area (Å²) in [6.07, 6.45) is -1.53. The SMILES string of the molecule is CC(C)C[C@H](NC(=O)CNC(=O)[C@H](CCCCN)NC(=O)[C@H](CCC(=O)O)NC(=O)CNC(=O)[C@@H](NC(=O)[C@H](CC(C)C)NC(=O)[C@@H](N)C(C)C)C(C)C)C(=O)N[C@@H](Cc1ccccc1)C(=O)N[C@@H](CCC(=O)O)C(=O)NCC(=O)NCC(=O)O. The fourth-order valence-corrected chi connectivity index (χ4v) is 8.06. The zero-order valence-corrected chi connectivity index (χ0v) is 49.6. The Bertz CT molecular complexity index is 2440. The molecular formula is C55H89N13O17. The van der Waals surface area contributed by atoms with E-state index in [1.807, 2.05) is 19.2 Å². The average Bonchev–Trinajstić information content (AvgIpc) is 3.56. The topological polar surface area (TPSA) is 484 Å². The molecule has 0 saturated heterocycles. The number of hydrogen-bond acceptors (Lipinski definition) is 16. The second-order valence-electron chi connectivity index (χ2n) is 21.9. The highest BCUT2D eigenvalue weighted by Gasteiger charge is 2.34. The Morgan fingerprint density at radius 2 is 0.824 bits per heavy atom. The second-order valence-corrected chi connectivity index (χ2v) is 21.9. The van der Waals surface area contributed by atoms with Gasteiger partial charge >= 0.3 is 17.9 Å². The molecule has 0 aromatic heterocycles. The molecule has 8 atom stereocenters. The molecule has 0 aliphatic heterocycles. The van der Waals surface area contributed by atoms with Crippen LogP contribution in [0.3, 0.4) is 0 Å². The Kier molecular flexibility index (Phi) is 34.6. The van der Waals surface area contributed by atoms with Crippen LogP contribution in [-0.4, -0.2) is 179 Å². The van der Waals surface area contributed by atoms with Crippen molar-refractivity contribution in [1.82, 2.24) is 58.5 Å². The summed E-state index contributed by atoms with van der Waals surface area (Å²) in [4.78, 5) is 181. The van der Waals surface area contributed by atoms with Crippen LogP contribution in [0.2, 0.25) is 0 Å². The maximum Gasteiger partial charge on any atom is 0.322 e. The Morgan fingerprint density at radius 3 is 1.29 bits per heavy atom. The van der Waals surface area contributed by atoms with Crippen molar-refractivity contribution >= 4 is 82.9 Å². The first-order valence-corrected chi connectivity index (χ1v) is 28.2. The molecule has 0 radical (unpaired) electrons. The predicted molar refractivity (Wildman–Crippen MR) is 307 cm³/mol. The summed E-state index contributed by atoms with van der Waals surface area (Å²) in [6.45, 7) is 11.1. The highest BCUT2D eigenvalue weighted by Crippen LogP contribution is 2.12. The fourth-order valence-electron chi connectivity index (χ4n) is 8.06. The van der Waals surface area contributed by atoms with Crippen molar-refractivity contribution in [2.75, 3.05) is 32.7 Å². The molecule has 1 aromatic rings. The van der Waals surface area contributed by atoms with Gasteiger partial charge in [0.25, 0.3) is 0 Å². The average molecular weight is 1200 g/mol. The van der Waals surface area contributed by atoms with Crippen molar-refractivity contribution in [2.24, 2.45) is 35.1 Å². The van der Waals surface area contributed by atoms with Crippen molar-refractivity contribution in [3.05, 3.63) is 35.9 Å². The van der Waals surface area contributed by atoms with Gasteiger partial charge in [0.05, 0.1) is 25.7 Å². The van der Waals surface area contributed by atoms with Gasteiger partial charge in [-0.15, -0.1) is 0 Å². The molecule has 30 heteroatoms. The first-order valence-electron chi connectivity index (χ1n) is 28.2. The molecule has 0 aliphatic rings. The molecule has 0 heterocycles. The first kappa shape index (κ1) is 74.7. The summed E-state index contributed by atoms with van der Waals surface area (Å²) in [6, 6.07) is -2.18. The molecule has 476 valence electrons. The van der Waals surface area contributed by atoms with E-state index in [0.717, 1.165) is 0 Å². The molecular weight excluding hydrogens is 1110 g/mol. The maximum atomic E-state index is 14.1. The normalized spacial score (nSPS) is 13.9. The third kappa shape index (κ3) is 31.3. The molecule has 18 N–H and O–H groups in total. The van der Waals surface area contributed by atoms with Gasteiger partial charge in [-0.2, -0.15) is 0 Å². The molecule has 1 rings (SSSR count). The van der Waals surface area contributed by atoms with Gasteiger partial charge in [0.1, 0.15) is 48.8 Å². The number of carbonyl (C=O) groups is 14. The zero-order chi connectivity index (χ0) is 64.5.